The second kappa shape index (κ2) is 12.9. The molecule has 0 radical (unpaired) electrons. The molecule has 2 rings (SSSR count). The van der Waals surface area contributed by atoms with Gasteiger partial charge in [-0.2, -0.15) is 0 Å². The van der Waals surface area contributed by atoms with Crippen LogP contribution in [0.5, 0.6) is 0 Å². The van der Waals surface area contributed by atoms with Gasteiger partial charge in [-0.15, -0.1) is 24.0 Å². The fraction of sp³-hybridized carbons (Fsp3) is 0.600. The summed E-state index contributed by atoms with van der Waals surface area (Å²) in [4.78, 5) is 18.6. The van der Waals surface area contributed by atoms with Gasteiger partial charge < -0.3 is 20.9 Å². The lowest BCUT2D eigenvalue weighted by atomic mass is 10.1. The van der Waals surface area contributed by atoms with Crippen LogP contribution < -0.4 is 16.0 Å². The number of guanidine groups is 1. The normalized spacial score (nSPS) is 15.7. The number of hydrogen-bond donors (Lipinski definition) is 3. The van der Waals surface area contributed by atoms with Crippen LogP contribution >= 0.6 is 24.0 Å². The van der Waals surface area contributed by atoms with Crippen LogP contribution in [0.3, 0.4) is 0 Å². The number of piperidine rings is 1. The molecule has 1 heterocycles. The van der Waals surface area contributed by atoms with E-state index >= 15 is 0 Å². The number of nitrogens with one attached hydrogen (secondary N) is 3. The number of amides is 1. The molecule has 1 aromatic carbocycles. The molecule has 0 aliphatic carbocycles. The van der Waals surface area contributed by atoms with E-state index in [0.29, 0.717) is 11.6 Å². The highest BCUT2D eigenvalue weighted by atomic mass is 127. The zero-order valence-corrected chi connectivity index (χ0v) is 19.1. The Bertz CT molecular complexity index is 600. The molecular formula is C20H34IN5O. The van der Waals surface area contributed by atoms with Crippen molar-refractivity contribution in [1.29, 1.82) is 0 Å². The number of benzene rings is 1. The molecule has 7 heteroatoms. The second-order valence-electron chi connectivity index (χ2n) is 6.79. The topological polar surface area (TPSA) is 68.8 Å². The van der Waals surface area contributed by atoms with E-state index in [2.05, 4.69) is 32.8 Å². The van der Waals surface area contributed by atoms with Crippen LogP contribution in [-0.2, 0) is 6.42 Å². The molecule has 6 nitrogen and oxygen atoms in total. The van der Waals surface area contributed by atoms with Crippen molar-refractivity contribution < 1.29 is 4.79 Å². The van der Waals surface area contributed by atoms with Gasteiger partial charge in [0.2, 0.25) is 0 Å². The quantitative estimate of drug-likeness (QED) is 0.314. The molecule has 1 fully saturated rings. The molecule has 1 aliphatic heterocycles. The summed E-state index contributed by atoms with van der Waals surface area (Å²) in [5.41, 5.74) is 1.84. The minimum atomic E-state index is -0.0494. The fourth-order valence-corrected chi connectivity index (χ4v) is 3.34. The second-order valence-corrected chi connectivity index (χ2v) is 6.79. The van der Waals surface area contributed by atoms with E-state index < -0.39 is 0 Å². The molecule has 0 unspecified atom stereocenters. The van der Waals surface area contributed by atoms with E-state index in [4.69, 9.17) is 0 Å². The predicted molar refractivity (Wildman–Crippen MR) is 123 cm³/mol. The summed E-state index contributed by atoms with van der Waals surface area (Å²) < 4.78 is 0. The van der Waals surface area contributed by atoms with Gasteiger partial charge >= 0.3 is 0 Å². The summed E-state index contributed by atoms with van der Waals surface area (Å²) >= 11 is 0. The molecule has 3 N–H and O–H groups in total. The summed E-state index contributed by atoms with van der Waals surface area (Å²) in [6, 6.07) is 8.25. The average Bonchev–Trinajstić information content (AvgIpc) is 2.68. The Kier molecular flexibility index (Phi) is 11.3. The first-order chi connectivity index (χ1) is 12.7. The zero-order valence-electron chi connectivity index (χ0n) is 16.8. The highest BCUT2D eigenvalue weighted by Gasteiger charge is 2.19. The van der Waals surface area contributed by atoms with Crippen LogP contribution in [0.1, 0.15) is 42.1 Å². The summed E-state index contributed by atoms with van der Waals surface area (Å²) in [5.74, 6) is 0.813. The highest BCUT2D eigenvalue weighted by Crippen LogP contribution is 2.10. The van der Waals surface area contributed by atoms with Gasteiger partial charge in [-0.25, -0.2) is 0 Å². The molecular weight excluding hydrogens is 453 g/mol. The van der Waals surface area contributed by atoms with Gasteiger partial charge in [0.1, 0.15) is 0 Å². The number of rotatable bonds is 7. The van der Waals surface area contributed by atoms with E-state index in [9.17, 15) is 4.79 Å². The van der Waals surface area contributed by atoms with Gasteiger partial charge in [0.25, 0.3) is 5.91 Å². The average molecular weight is 487 g/mol. The number of aliphatic imine (C=N–C) groups is 1. The fourth-order valence-electron chi connectivity index (χ4n) is 3.34. The van der Waals surface area contributed by atoms with E-state index in [1.807, 2.05) is 31.3 Å². The van der Waals surface area contributed by atoms with Crippen LogP contribution in [0.15, 0.2) is 29.3 Å². The van der Waals surface area contributed by atoms with Gasteiger partial charge in [-0.05, 0) is 49.9 Å². The van der Waals surface area contributed by atoms with E-state index in [1.54, 1.807) is 7.05 Å². The van der Waals surface area contributed by atoms with Gasteiger partial charge in [0.15, 0.2) is 5.96 Å². The standard InChI is InChI=1S/C20H33N5O.HI/c1-4-12-25-13-9-18(10-14-25)24-20(22-3)23-11-8-16-6-5-7-17(15-16)19(26)21-2;/h5-7,15,18H,4,8-14H2,1-3H3,(H,21,26)(H2,22,23,24);1H. The minimum Gasteiger partial charge on any atom is -0.356 e. The molecule has 0 spiro atoms. The van der Waals surface area contributed by atoms with Crippen LogP contribution in [0.4, 0.5) is 0 Å². The number of likely N-dealkylation sites (tertiary alicyclic amines) is 1. The molecule has 152 valence electrons. The van der Waals surface area contributed by atoms with E-state index in [0.717, 1.165) is 50.4 Å². The molecule has 1 aliphatic rings. The lowest BCUT2D eigenvalue weighted by Gasteiger charge is -2.32. The summed E-state index contributed by atoms with van der Waals surface area (Å²) in [7, 11) is 3.46. The van der Waals surface area contributed by atoms with E-state index in [-0.39, 0.29) is 29.9 Å². The predicted octanol–water partition coefficient (Wildman–Crippen LogP) is 2.25. The molecule has 0 bridgehead atoms. The zero-order chi connectivity index (χ0) is 18.8. The van der Waals surface area contributed by atoms with E-state index in [1.165, 1.54) is 13.0 Å². The molecule has 0 saturated carbocycles. The number of halogens is 1. The third kappa shape index (κ3) is 8.04. The first-order valence-electron chi connectivity index (χ1n) is 9.66. The lowest BCUT2D eigenvalue weighted by Crippen LogP contribution is -2.49. The number of hydrogen-bond acceptors (Lipinski definition) is 3. The van der Waals surface area contributed by atoms with Crippen molar-refractivity contribution in [2.45, 2.75) is 38.6 Å². The lowest BCUT2D eigenvalue weighted by molar-refractivity contribution is 0.0963. The smallest absolute Gasteiger partial charge is 0.251 e. The molecule has 1 saturated heterocycles. The maximum absolute atomic E-state index is 11.7. The number of nitrogens with zero attached hydrogens (tertiary/aromatic N) is 2. The molecule has 0 aromatic heterocycles. The number of carbonyl (C=O) groups excluding carboxylic acids is 1. The summed E-state index contributed by atoms with van der Waals surface area (Å²) in [6.45, 7) is 6.55. The third-order valence-corrected chi connectivity index (χ3v) is 4.81. The van der Waals surface area contributed by atoms with Crippen molar-refractivity contribution in [3.63, 3.8) is 0 Å². The Labute approximate surface area is 180 Å². The Morgan fingerprint density at radius 1 is 1.30 bits per heavy atom. The SMILES string of the molecule is CCCN1CCC(NC(=NC)NCCc2cccc(C(=O)NC)c2)CC1.I. The Hall–Kier alpha value is -1.35. The first kappa shape index (κ1) is 23.7. The van der Waals surface area contributed by atoms with Gasteiger partial charge in [-0.1, -0.05) is 19.1 Å². The van der Waals surface area contributed by atoms with Crippen LogP contribution in [0.2, 0.25) is 0 Å². The van der Waals surface area contributed by atoms with Gasteiger partial charge in [0, 0.05) is 45.3 Å². The summed E-state index contributed by atoms with van der Waals surface area (Å²) in [6.07, 6.45) is 4.40. The third-order valence-electron chi connectivity index (χ3n) is 4.81. The van der Waals surface area contributed by atoms with Crippen molar-refractivity contribution in [2.75, 3.05) is 40.3 Å². The van der Waals surface area contributed by atoms with Crippen LogP contribution in [-0.4, -0.2) is 63.1 Å². The largest absolute Gasteiger partial charge is 0.356 e. The number of carbonyl (C=O) groups is 1. The van der Waals surface area contributed by atoms with Gasteiger partial charge in [0.05, 0.1) is 0 Å². The Morgan fingerprint density at radius 2 is 2.04 bits per heavy atom. The van der Waals surface area contributed by atoms with Crippen LogP contribution in [0.25, 0.3) is 0 Å². The highest BCUT2D eigenvalue weighted by molar-refractivity contribution is 14.0. The Balaban J connectivity index is 0.00000364. The maximum Gasteiger partial charge on any atom is 0.251 e. The van der Waals surface area contributed by atoms with Crippen molar-refractivity contribution in [3.8, 4) is 0 Å². The monoisotopic (exact) mass is 487 g/mol. The molecule has 1 aromatic rings. The van der Waals surface area contributed by atoms with Crippen molar-refractivity contribution in [2.24, 2.45) is 4.99 Å². The Morgan fingerprint density at radius 3 is 2.67 bits per heavy atom. The van der Waals surface area contributed by atoms with Crippen LogP contribution in [0, 0.1) is 0 Å². The maximum atomic E-state index is 11.7. The summed E-state index contributed by atoms with van der Waals surface area (Å²) in [5, 5.41) is 9.59. The van der Waals surface area contributed by atoms with Crippen molar-refractivity contribution >= 4 is 35.8 Å². The van der Waals surface area contributed by atoms with Crippen molar-refractivity contribution in [1.82, 2.24) is 20.9 Å². The molecule has 0 atom stereocenters. The molecule has 1 amide bonds. The minimum absolute atomic E-state index is 0. The van der Waals surface area contributed by atoms with Gasteiger partial charge in [-0.3, -0.25) is 9.79 Å². The van der Waals surface area contributed by atoms with Crippen molar-refractivity contribution in [3.05, 3.63) is 35.4 Å². The molecule has 27 heavy (non-hydrogen) atoms. The first-order valence-corrected chi connectivity index (χ1v) is 9.66.